The Morgan fingerprint density at radius 2 is 2.03 bits per heavy atom. The molecule has 0 saturated carbocycles. The summed E-state index contributed by atoms with van der Waals surface area (Å²) in [6.45, 7) is 3.62. The van der Waals surface area contributed by atoms with E-state index >= 15 is 0 Å². The summed E-state index contributed by atoms with van der Waals surface area (Å²) < 4.78 is 28.1. The van der Waals surface area contributed by atoms with Gasteiger partial charge in [-0.3, -0.25) is 0 Å². The maximum atomic E-state index is 11.4. The van der Waals surface area contributed by atoms with E-state index in [-0.39, 0.29) is 4.90 Å². The van der Waals surface area contributed by atoms with Crippen LogP contribution in [-0.4, -0.2) is 25.9 Å². The average Bonchev–Trinajstić information content (AvgIpc) is 3.35. The Balaban J connectivity index is 1.63. The highest BCUT2D eigenvalue weighted by Crippen LogP contribution is 2.11. The normalized spacial score (nSPS) is 12.1. The molecule has 10 heteroatoms. The number of thiazole rings is 1. The van der Waals surface area contributed by atoms with Crippen LogP contribution in [0, 0.1) is 6.92 Å². The number of rotatable bonds is 8. The summed E-state index contributed by atoms with van der Waals surface area (Å²) >= 11 is 1.63. The summed E-state index contributed by atoms with van der Waals surface area (Å²) in [7, 11) is -3.70. The van der Waals surface area contributed by atoms with Crippen LogP contribution in [0.15, 0.2) is 63.2 Å². The van der Waals surface area contributed by atoms with Crippen molar-refractivity contribution < 1.29 is 12.8 Å². The minimum absolute atomic E-state index is 0.0827. The van der Waals surface area contributed by atoms with Gasteiger partial charge >= 0.3 is 0 Å². The van der Waals surface area contributed by atoms with Crippen molar-refractivity contribution in [2.75, 3.05) is 6.54 Å². The van der Waals surface area contributed by atoms with E-state index in [9.17, 15) is 8.42 Å². The van der Waals surface area contributed by atoms with Crippen molar-refractivity contribution in [2.45, 2.75) is 31.3 Å². The first-order chi connectivity index (χ1) is 13.9. The molecular formula is C19H23N5O3S2. The number of primary sulfonamides is 1. The van der Waals surface area contributed by atoms with Crippen molar-refractivity contribution in [1.29, 1.82) is 0 Å². The molecule has 4 N–H and O–H groups in total. The van der Waals surface area contributed by atoms with Gasteiger partial charge in [-0.25, -0.2) is 23.5 Å². The third-order valence-corrected chi connectivity index (χ3v) is 5.83. The molecule has 0 radical (unpaired) electrons. The molecule has 0 amide bonds. The molecule has 154 valence electrons. The summed E-state index contributed by atoms with van der Waals surface area (Å²) in [6, 6.07) is 10.2. The Bertz CT molecular complexity index is 1040. The maximum Gasteiger partial charge on any atom is 0.238 e. The smallest absolute Gasteiger partial charge is 0.238 e. The lowest BCUT2D eigenvalue weighted by Crippen LogP contribution is -2.38. The number of hydrogen-bond acceptors (Lipinski definition) is 6. The van der Waals surface area contributed by atoms with E-state index in [4.69, 9.17) is 9.56 Å². The van der Waals surface area contributed by atoms with Crippen LogP contribution in [0.4, 0.5) is 0 Å². The first-order valence-corrected chi connectivity index (χ1v) is 11.3. The number of aryl methyl sites for hydroxylation is 1. The van der Waals surface area contributed by atoms with E-state index in [0.717, 1.165) is 27.6 Å². The second kappa shape index (κ2) is 9.68. The van der Waals surface area contributed by atoms with Crippen molar-refractivity contribution in [3.05, 3.63) is 70.1 Å². The van der Waals surface area contributed by atoms with E-state index in [2.05, 4.69) is 20.6 Å². The van der Waals surface area contributed by atoms with Crippen molar-refractivity contribution >= 4 is 27.3 Å². The fourth-order valence-electron chi connectivity index (χ4n) is 2.53. The van der Waals surface area contributed by atoms with Crippen LogP contribution in [0.2, 0.25) is 0 Å². The molecule has 8 nitrogen and oxygen atoms in total. The van der Waals surface area contributed by atoms with E-state index in [1.807, 2.05) is 25.3 Å². The van der Waals surface area contributed by atoms with E-state index < -0.39 is 10.0 Å². The van der Waals surface area contributed by atoms with Crippen molar-refractivity contribution in [3.8, 4) is 0 Å². The molecular weight excluding hydrogens is 410 g/mol. The molecule has 0 spiro atoms. The quantitative estimate of drug-likeness (QED) is 0.370. The summed E-state index contributed by atoms with van der Waals surface area (Å²) in [5, 5.41) is 12.7. The number of aromatic nitrogens is 1. The zero-order valence-corrected chi connectivity index (χ0v) is 17.6. The van der Waals surface area contributed by atoms with Crippen LogP contribution in [0.5, 0.6) is 0 Å². The van der Waals surface area contributed by atoms with Gasteiger partial charge in [-0.15, -0.1) is 11.3 Å². The Morgan fingerprint density at radius 3 is 2.66 bits per heavy atom. The number of furan rings is 1. The molecule has 2 aromatic heterocycles. The van der Waals surface area contributed by atoms with Crippen molar-refractivity contribution in [3.63, 3.8) is 0 Å². The topological polar surface area (TPSA) is 123 Å². The Morgan fingerprint density at radius 1 is 1.24 bits per heavy atom. The molecule has 0 aliphatic heterocycles. The lowest BCUT2D eigenvalue weighted by atomic mass is 10.2. The van der Waals surface area contributed by atoms with Gasteiger partial charge in [-0.1, -0.05) is 12.1 Å². The monoisotopic (exact) mass is 433 g/mol. The molecule has 0 unspecified atom stereocenters. The lowest BCUT2D eigenvalue weighted by molar-refractivity contribution is 0.506. The van der Waals surface area contributed by atoms with Gasteiger partial charge in [0.15, 0.2) is 5.96 Å². The zero-order chi connectivity index (χ0) is 20.7. The highest BCUT2D eigenvalue weighted by Gasteiger charge is 2.07. The number of nitrogens with zero attached hydrogens (tertiary/aromatic N) is 2. The fraction of sp³-hybridized carbons (Fsp3) is 0.263. The van der Waals surface area contributed by atoms with E-state index in [1.165, 1.54) is 12.1 Å². The first-order valence-electron chi connectivity index (χ1n) is 8.98. The highest BCUT2D eigenvalue weighted by molar-refractivity contribution is 7.89. The molecule has 0 atom stereocenters. The number of hydrogen-bond donors (Lipinski definition) is 3. The van der Waals surface area contributed by atoms with Crippen LogP contribution in [0.3, 0.4) is 0 Å². The molecule has 0 aliphatic carbocycles. The number of nitrogens with one attached hydrogen (secondary N) is 2. The molecule has 1 aromatic carbocycles. The van der Waals surface area contributed by atoms with Crippen molar-refractivity contribution in [1.82, 2.24) is 15.6 Å². The number of aliphatic imine (C=N–C) groups is 1. The Labute approximate surface area is 173 Å². The van der Waals surface area contributed by atoms with Crippen LogP contribution in [-0.2, 0) is 29.5 Å². The van der Waals surface area contributed by atoms with E-state index in [1.54, 1.807) is 29.7 Å². The third kappa shape index (κ3) is 6.70. The van der Waals surface area contributed by atoms with Crippen LogP contribution in [0.25, 0.3) is 0 Å². The molecule has 3 aromatic rings. The first kappa shape index (κ1) is 21.0. The predicted octanol–water partition coefficient (Wildman–Crippen LogP) is 2.17. The summed E-state index contributed by atoms with van der Waals surface area (Å²) in [6.07, 6.45) is 4.22. The molecule has 0 saturated heterocycles. The van der Waals surface area contributed by atoms with Gasteiger partial charge in [0.25, 0.3) is 0 Å². The van der Waals surface area contributed by atoms with Crippen molar-refractivity contribution in [2.24, 2.45) is 10.1 Å². The molecule has 3 rings (SSSR count). The third-order valence-electron chi connectivity index (χ3n) is 3.99. The molecule has 0 fully saturated rings. The van der Waals surface area contributed by atoms with Gasteiger partial charge in [0.1, 0.15) is 10.8 Å². The number of guanidine groups is 1. The molecule has 29 heavy (non-hydrogen) atoms. The summed E-state index contributed by atoms with van der Waals surface area (Å²) in [4.78, 5) is 10.2. The predicted molar refractivity (Wildman–Crippen MR) is 113 cm³/mol. The molecule has 0 bridgehead atoms. The second-order valence-corrected chi connectivity index (χ2v) is 9.21. The second-order valence-electron chi connectivity index (χ2n) is 6.33. The minimum atomic E-state index is -3.70. The average molecular weight is 434 g/mol. The Hall–Kier alpha value is -2.69. The minimum Gasteiger partial charge on any atom is -0.469 e. The standard InChI is InChI=1S/C19H23N5O3S2/c1-14-11-22-18(28-14)13-24-19(21-9-8-16-3-2-10-27-16)23-12-15-4-6-17(7-5-15)29(20,25)26/h2-7,10-11H,8-9,12-13H2,1H3,(H2,20,25,26)(H2,21,23,24). The van der Waals surface area contributed by atoms with Crippen LogP contribution in [0.1, 0.15) is 21.2 Å². The largest absolute Gasteiger partial charge is 0.469 e. The maximum absolute atomic E-state index is 11.4. The van der Waals surface area contributed by atoms with Gasteiger partial charge in [0.2, 0.25) is 10.0 Å². The summed E-state index contributed by atoms with van der Waals surface area (Å²) in [5.74, 6) is 1.53. The van der Waals surface area contributed by atoms with Gasteiger partial charge < -0.3 is 15.1 Å². The van der Waals surface area contributed by atoms with Gasteiger partial charge in [0, 0.05) is 24.0 Å². The fourth-order valence-corrected chi connectivity index (χ4v) is 3.77. The van der Waals surface area contributed by atoms with E-state index in [0.29, 0.717) is 25.6 Å². The lowest BCUT2D eigenvalue weighted by Gasteiger charge is -2.11. The van der Waals surface area contributed by atoms with Gasteiger partial charge in [-0.2, -0.15) is 0 Å². The molecule has 2 heterocycles. The highest BCUT2D eigenvalue weighted by atomic mass is 32.2. The number of nitrogens with two attached hydrogens (primary N) is 1. The van der Waals surface area contributed by atoms with Gasteiger partial charge in [-0.05, 0) is 36.8 Å². The molecule has 0 aliphatic rings. The van der Waals surface area contributed by atoms with Crippen LogP contribution < -0.4 is 15.8 Å². The summed E-state index contributed by atoms with van der Waals surface area (Å²) in [5.41, 5.74) is 0.870. The Kier molecular flexibility index (Phi) is 7.02. The SMILES string of the molecule is Cc1cnc(CNC(=NCc2ccc(S(N)(=O)=O)cc2)NCCc2ccco2)s1. The van der Waals surface area contributed by atoms with Gasteiger partial charge in [0.05, 0.1) is 24.2 Å². The number of sulfonamides is 1. The van der Waals surface area contributed by atoms with Crippen LogP contribution >= 0.6 is 11.3 Å². The number of benzene rings is 1. The zero-order valence-electron chi connectivity index (χ0n) is 16.0.